The van der Waals surface area contributed by atoms with E-state index in [1.807, 2.05) is 23.1 Å². The van der Waals surface area contributed by atoms with Gasteiger partial charge in [-0.25, -0.2) is 0 Å². The standard InChI is InChI=1S/C15H22N2S2/c1-3-11(2)18-10-13(17-16)8-12-9-19-15-7-5-4-6-14(12)15/h4-7,9,11,13,17H,3,8,10,16H2,1-2H3. The van der Waals surface area contributed by atoms with Gasteiger partial charge >= 0.3 is 0 Å². The fourth-order valence-corrected chi connectivity index (χ4v) is 4.01. The third-order valence-electron chi connectivity index (χ3n) is 3.42. The lowest BCUT2D eigenvalue weighted by molar-refractivity contribution is 0.576. The van der Waals surface area contributed by atoms with Gasteiger partial charge in [0, 0.05) is 21.7 Å². The first-order chi connectivity index (χ1) is 9.24. The van der Waals surface area contributed by atoms with Gasteiger partial charge in [0.2, 0.25) is 0 Å². The van der Waals surface area contributed by atoms with E-state index in [2.05, 4.69) is 48.9 Å². The molecule has 4 heteroatoms. The lowest BCUT2D eigenvalue weighted by Crippen LogP contribution is -2.39. The number of thioether (sulfide) groups is 1. The van der Waals surface area contributed by atoms with Crippen LogP contribution in [0.2, 0.25) is 0 Å². The molecule has 19 heavy (non-hydrogen) atoms. The first-order valence-corrected chi connectivity index (χ1v) is 8.70. The van der Waals surface area contributed by atoms with Gasteiger partial charge in [-0.3, -0.25) is 11.3 Å². The van der Waals surface area contributed by atoms with Crippen LogP contribution in [0, 0.1) is 0 Å². The predicted octanol–water partition coefficient (Wildman–Crippen LogP) is 3.81. The van der Waals surface area contributed by atoms with E-state index in [4.69, 9.17) is 5.84 Å². The summed E-state index contributed by atoms with van der Waals surface area (Å²) in [6.07, 6.45) is 2.22. The molecule has 0 aliphatic heterocycles. The second-order valence-electron chi connectivity index (χ2n) is 4.88. The Bertz CT molecular complexity index is 510. The van der Waals surface area contributed by atoms with Crippen molar-refractivity contribution in [1.29, 1.82) is 0 Å². The summed E-state index contributed by atoms with van der Waals surface area (Å²) in [5, 5.41) is 4.35. The van der Waals surface area contributed by atoms with Crippen LogP contribution in [0.5, 0.6) is 0 Å². The Balaban J connectivity index is 2.01. The monoisotopic (exact) mass is 294 g/mol. The van der Waals surface area contributed by atoms with Crippen LogP contribution in [-0.4, -0.2) is 17.0 Å². The van der Waals surface area contributed by atoms with Gasteiger partial charge in [-0.15, -0.1) is 11.3 Å². The fraction of sp³-hybridized carbons (Fsp3) is 0.467. The first kappa shape index (κ1) is 14.9. The van der Waals surface area contributed by atoms with Crippen LogP contribution < -0.4 is 11.3 Å². The summed E-state index contributed by atoms with van der Waals surface area (Å²) in [7, 11) is 0. The number of hydrazine groups is 1. The molecule has 2 atom stereocenters. The van der Waals surface area contributed by atoms with Gasteiger partial charge in [0.05, 0.1) is 0 Å². The topological polar surface area (TPSA) is 38.0 Å². The molecule has 0 radical (unpaired) electrons. The van der Waals surface area contributed by atoms with Gasteiger partial charge in [-0.2, -0.15) is 11.8 Å². The number of thiophene rings is 1. The number of nitrogens with two attached hydrogens (primary N) is 1. The molecule has 0 saturated heterocycles. The second-order valence-corrected chi connectivity index (χ2v) is 7.26. The molecule has 3 N–H and O–H groups in total. The minimum Gasteiger partial charge on any atom is -0.271 e. The fourth-order valence-electron chi connectivity index (χ4n) is 2.02. The van der Waals surface area contributed by atoms with Crippen molar-refractivity contribution in [2.45, 2.75) is 38.0 Å². The number of rotatable bonds is 7. The molecule has 0 saturated carbocycles. The second kappa shape index (κ2) is 7.29. The van der Waals surface area contributed by atoms with E-state index in [0.29, 0.717) is 11.3 Å². The SMILES string of the molecule is CCC(C)SCC(Cc1csc2ccccc12)NN. The van der Waals surface area contributed by atoms with Crippen LogP contribution in [0.4, 0.5) is 0 Å². The minimum absolute atomic E-state index is 0.344. The van der Waals surface area contributed by atoms with Crippen molar-refractivity contribution in [2.75, 3.05) is 5.75 Å². The van der Waals surface area contributed by atoms with E-state index in [0.717, 1.165) is 12.2 Å². The van der Waals surface area contributed by atoms with Crippen molar-refractivity contribution in [3.63, 3.8) is 0 Å². The maximum absolute atomic E-state index is 5.70. The Hall–Kier alpha value is -0.550. The molecule has 0 amide bonds. The average Bonchev–Trinajstić information content (AvgIpc) is 2.86. The smallest absolute Gasteiger partial charge is 0.0345 e. The van der Waals surface area contributed by atoms with Crippen molar-refractivity contribution < 1.29 is 0 Å². The van der Waals surface area contributed by atoms with Crippen LogP contribution in [0.25, 0.3) is 10.1 Å². The number of hydrogen-bond acceptors (Lipinski definition) is 4. The third kappa shape index (κ3) is 3.96. The Kier molecular flexibility index (Phi) is 5.70. The molecule has 2 rings (SSSR count). The van der Waals surface area contributed by atoms with Crippen LogP contribution in [0.3, 0.4) is 0 Å². The first-order valence-electron chi connectivity index (χ1n) is 6.77. The summed E-state index contributed by atoms with van der Waals surface area (Å²) in [5.41, 5.74) is 4.38. The molecule has 0 bridgehead atoms. The van der Waals surface area contributed by atoms with E-state index in [9.17, 15) is 0 Å². The van der Waals surface area contributed by atoms with Gasteiger partial charge in [-0.1, -0.05) is 32.0 Å². The maximum atomic E-state index is 5.70. The number of benzene rings is 1. The van der Waals surface area contributed by atoms with E-state index in [-0.39, 0.29) is 0 Å². The summed E-state index contributed by atoms with van der Waals surface area (Å²) in [6, 6.07) is 8.94. The lowest BCUT2D eigenvalue weighted by Gasteiger charge is -2.17. The zero-order valence-corrected chi connectivity index (χ0v) is 13.2. The highest BCUT2D eigenvalue weighted by molar-refractivity contribution is 7.99. The molecule has 2 nitrogen and oxygen atoms in total. The third-order valence-corrected chi connectivity index (χ3v) is 5.93. The van der Waals surface area contributed by atoms with Crippen LogP contribution >= 0.6 is 23.1 Å². The molecule has 0 aliphatic carbocycles. The summed E-state index contributed by atoms with van der Waals surface area (Å²) >= 11 is 3.82. The van der Waals surface area contributed by atoms with E-state index < -0.39 is 0 Å². The molecule has 1 aromatic heterocycles. The largest absolute Gasteiger partial charge is 0.271 e. The van der Waals surface area contributed by atoms with Gasteiger partial charge in [0.15, 0.2) is 0 Å². The van der Waals surface area contributed by atoms with Crippen LogP contribution in [-0.2, 0) is 6.42 Å². The molecule has 2 unspecified atom stereocenters. The quantitative estimate of drug-likeness (QED) is 0.602. The van der Waals surface area contributed by atoms with Crippen molar-refractivity contribution >= 4 is 33.2 Å². The molecule has 104 valence electrons. The Morgan fingerprint density at radius 2 is 2.16 bits per heavy atom. The van der Waals surface area contributed by atoms with Gasteiger partial charge < -0.3 is 0 Å². The summed E-state index contributed by atoms with van der Waals surface area (Å²) in [5.74, 6) is 6.77. The molecule has 1 aromatic carbocycles. The Morgan fingerprint density at radius 3 is 2.89 bits per heavy atom. The van der Waals surface area contributed by atoms with Crippen molar-refractivity contribution in [2.24, 2.45) is 5.84 Å². The van der Waals surface area contributed by atoms with E-state index in [1.165, 1.54) is 22.1 Å². The number of fused-ring (bicyclic) bond motifs is 1. The zero-order chi connectivity index (χ0) is 13.7. The van der Waals surface area contributed by atoms with Crippen molar-refractivity contribution in [1.82, 2.24) is 5.43 Å². The van der Waals surface area contributed by atoms with E-state index in [1.54, 1.807) is 0 Å². The molecule has 0 aliphatic rings. The van der Waals surface area contributed by atoms with Crippen LogP contribution in [0.15, 0.2) is 29.6 Å². The van der Waals surface area contributed by atoms with Crippen molar-refractivity contribution in [3.8, 4) is 0 Å². The van der Waals surface area contributed by atoms with E-state index >= 15 is 0 Å². The lowest BCUT2D eigenvalue weighted by atomic mass is 10.1. The molecule has 0 fully saturated rings. The summed E-state index contributed by atoms with van der Waals surface area (Å²) in [4.78, 5) is 0. The summed E-state index contributed by atoms with van der Waals surface area (Å²) in [6.45, 7) is 4.51. The summed E-state index contributed by atoms with van der Waals surface area (Å²) < 4.78 is 1.36. The average molecular weight is 294 g/mol. The van der Waals surface area contributed by atoms with Crippen molar-refractivity contribution in [3.05, 3.63) is 35.2 Å². The molecular weight excluding hydrogens is 272 g/mol. The Labute approximate surface area is 123 Å². The highest BCUT2D eigenvalue weighted by atomic mass is 32.2. The molecule has 1 heterocycles. The van der Waals surface area contributed by atoms with Gasteiger partial charge in [0.1, 0.15) is 0 Å². The highest BCUT2D eigenvalue weighted by Gasteiger charge is 2.12. The highest BCUT2D eigenvalue weighted by Crippen LogP contribution is 2.27. The number of nitrogens with one attached hydrogen (secondary N) is 1. The normalized spacial score (nSPS) is 14.7. The maximum Gasteiger partial charge on any atom is 0.0345 e. The zero-order valence-electron chi connectivity index (χ0n) is 11.6. The molecule has 0 spiro atoms. The predicted molar refractivity (Wildman–Crippen MR) is 88.9 cm³/mol. The van der Waals surface area contributed by atoms with Crippen LogP contribution in [0.1, 0.15) is 25.8 Å². The minimum atomic E-state index is 0.344. The number of hydrogen-bond donors (Lipinski definition) is 2. The Morgan fingerprint density at radius 1 is 1.37 bits per heavy atom. The van der Waals surface area contributed by atoms with Gasteiger partial charge in [0.25, 0.3) is 0 Å². The molecular formula is C15H22N2S2. The molecule has 2 aromatic rings. The van der Waals surface area contributed by atoms with Gasteiger partial charge in [-0.05, 0) is 35.2 Å².